The van der Waals surface area contributed by atoms with Crippen LogP contribution in [-0.4, -0.2) is 19.3 Å². The minimum atomic E-state index is -3.81. The Morgan fingerprint density at radius 3 is 2.65 bits per heavy atom. The van der Waals surface area contributed by atoms with Crippen molar-refractivity contribution in [1.29, 1.82) is 0 Å². The Kier molecular flexibility index (Phi) is 4.17. The Morgan fingerprint density at radius 1 is 1.25 bits per heavy atom. The SMILES string of the molecule is NS(=O)(=O)c1cccc(NC(=O)c2ncccc2Br)c1. The number of primary sulfonamides is 1. The Balaban J connectivity index is 2.27. The summed E-state index contributed by atoms with van der Waals surface area (Å²) < 4.78 is 23.0. The van der Waals surface area contributed by atoms with Crippen LogP contribution >= 0.6 is 15.9 Å². The molecule has 104 valence electrons. The largest absolute Gasteiger partial charge is 0.321 e. The number of anilines is 1. The van der Waals surface area contributed by atoms with Crippen LogP contribution in [0.15, 0.2) is 52.0 Å². The third kappa shape index (κ3) is 3.41. The summed E-state index contributed by atoms with van der Waals surface area (Å²) in [4.78, 5) is 15.9. The molecule has 0 aliphatic carbocycles. The second kappa shape index (κ2) is 5.70. The third-order valence-electron chi connectivity index (χ3n) is 2.39. The normalized spacial score (nSPS) is 11.1. The molecule has 0 bridgehead atoms. The zero-order valence-corrected chi connectivity index (χ0v) is 12.5. The van der Waals surface area contributed by atoms with E-state index in [4.69, 9.17) is 5.14 Å². The smallest absolute Gasteiger partial charge is 0.275 e. The summed E-state index contributed by atoms with van der Waals surface area (Å²) in [5.74, 6) is -0.455. The van der Waals surface area contributed by atoms with Crippen molar-refractivity contribution in [3.63, 3.8) is 0 Å². The van der Waals surface area contributed by atoms with Crippen LogP contribution < -0.4 is 10.5 Å². The van der Waals surface area contributed by atoms with Crippen molar-refractivity contribution in [2.24, 2.45) is 5.14 Å². The molecule has 8 heteroatoms. The van der Waals surface area contributed by atoms with Gasteiger partial charge in [0.05, 0.1) is 4.90 Å². The number of sulfonamides is 1. The van der Waals surface area contributed by atoms with Crippen LogP contribution in [0.4, 0.5) is 5.69 Å². The van der Waals surface area contributed by atoms with E-state index in [-0.39, 0.29) is 10.6 Å². The number of nitrogens with zero attached hydrogens (tertiary/aromatic N) is 1. The molecule has 1 aromatic carbocycles. The Labute approximate surface area is 124 Å². The Morgan fingerprint density at radius 2 is 2.00 bits per heavy atom. The summed E-state index contributed by atoms with van der Waals surface area (Å²) in [5, 5.41) is 7.59. The van der Waals surface area contributed by atoms with Gasteiger partial charge in [-0.05, 0) is 46.3 Å². The highest BCUT2D eigenvalue weighted by atomic mass is 79.9. The lowest BCUT2D eigenvalue weighted by Crippen LogP contribution is -2.16. The van der Waals surface area contributed by atoms with Gasteiger partial charge in [-0.2, -0.15) is 0 Å². The maximum atomic E-state index is 12.0. The van der Waals surface area contributed by atoms with Gasteiger partial charge in [0.15, 0.2) is 0 Å². The molecular formula is C12H10BrN3O3S. The highest BCUT2D eigenvalue weighted by Gasteiger charge is 2.13. The fourth-order valence-electron chi connectivity index (χ4n) is 1.49. The molecule has 0 fully saturated rings. The predicted molar refractivity (Wildman–Crippen MR) is 77.7 cm³/mol. The van der Waals surface area contributed by atoms with Gasteiger partial charge in [-0.1, -0.05) is 6.07 Å². The minimum absolute atomic E-state index is 0.0737. The van der Waals surface area contributed by atoms with Crippen molar-refractivity contribution in [1.82, 2.24) is 4.98 Å². The molecule has 1 amide bonds. The van der Waals surface area contributed by atoms with Crippen LogP contribution in [0.1, 0.15) is 10.5 Å². The van der Waals surface area contributed by atoms with Crippen molar-refractivity contribution >= 4 is 37.5 Å². The van der Waals surface area contributed by atoms with E-state index in [0.717, 1.165) is 0 Å². The number of nitrogens with one attached hydrogen (secondary N) is 1. The first-order valence-corrected chi connectivity index (χ1v) is 7.76. The van der Waals surface area contributed by atoms with Gasteiger partial charge in [-0.15, -0.1) is 0 Å². The van der Waals surface area contributed by atoms with Crippen molar-refractivity contribution in [2.45, 2.75) is 4.90 Å². The molecule has 3 N–H and O–H groups in total. The summed E-state index contributed by atoms with van der Waals surface area (Å²) in [7, 11) is -3.81. The number of nitrogens with two attached hydrogens (primary N) is 1. The average Bonchev–Trinajstić information content (AvgIpc) is 2.38. The number of hydrogen-bond donors (Lipinski definition) is 2. The van der Waals surface area contributed by atoms with Crippen LogP contribution in [0.3, 0.4) is 0 Å². The Hall–Kier alpha value is -1.77. The number of benzene rings is 1. The van der Waals surface area contributed by atoms with E-state index < -0.39 is 15.9 Å². The molecule has 6 nitrogen and oxygen atoms in total. The van der Waals surface area contributed by atoms with Crippen LogP contribution in [0.2, 0.25) is 0 Å². The maximum absolute atomic E-state index is 12.0. The van der Waals surface area contributed by atoms with Crippen LogP contribution in [0.5, 0.6) is 0 Å². The van der Waals surface area contributed by atoms with Gasteiger partial charge in [0.1, 0.15) is 5.69 Å². The fraction of sp³-hybridized carbons (Fsp3) is 0. The second-order valence-electron chi connectivity index (χ2n) is 3.86. The molecular weight excluding hydrogens is 346 g/mol. The molecule has 0 aliphatic heterocycles. The highest BCUT2D eigenvalue weighted by Crippen LogP contribution is 2.17. The van der Waals surface area contributed by atoms with Gasteiger partial charge in [-0.3, -0.25) is 4.79 Å². The topological polar surface area (TPSA) is 102 Å². The van der Waals surface area contributed by atoms with Gasteiger partial charge < -0.3 is 5.32 Å². The quantitative estimate of drug-likeness (QED) is 0.875. The number of aromatic nitrogens is 1. The van der Waals surface area contributed by atoms with Gasteiger partial charge in [0, 0.05) is 16.4 Å². The van der Waals surface area contributed by atoms with E-state index in [0.29, 0.717) is 10.2 Å². The molecule has 0 aliphatic rings. The molecule has 20 heavy (non-hydrogen) atoms. The number of amides is 1. The van der Waals surface area contributed by atoms with Crippen molar-refractivity contribution in [3.05, 3.63) is 52.8 Å². The van der Waals surface area contributed by atoms with Crippen LogP contribution in [0, 0.1) is 0 Å². The molecule has 2 rings (SSSR count). The van der Waals surface area contributed by atoms with E-state index in [2.05, 4.69) is 26.2 Å². The van der Waals surface area contributed by atoms with Gasteiger partial charge in [-0.25, -0.2) is 18.5 Å². The van der Waals surface area contributed by atoms with Crippen molar-refractivity contribution < 1.29 is 13.2 Å². The number of carbonyl (C=O) groups excluding carboxylic acids is 1. The van der Waals surface area contributed by atoms with Crippen molar-refractivity contribution in [3.8, 4) is 0 Å². The molecule has 1 aromatic heterocycles. The third-order valence-corrected chi connectivity index (χ3v) is 3.94. The van der Waals surface area contributed by atoms with Gasteiger partial charge in [0.2, 0.25) is 10.0 Å². The molecule has 0 atom stereocenters. The molecule has 1 heterocycles. The summed E-state index contributed by atoms with van der Waals surface area (Å²) in [5.41, 5.74) is 0.521. The van der Waals surface area contributed by atoms with Crippen LogP contribution in [-0.2, 0) is 10.0 Å². The van der Waals surface area contributed by atoms with Gasteiger partial charge >= 0.3 is 0 Å². The molecule has 2 aromatic rings. The lowest BCUT2D eigenvalue weighted by molar-refractivity contribution is 0.102. The van der Waals surface area contributed by atoms with E-state index in [9.17, 15) is 13.2 Å². The lowest BCUT2D eigenvalue weighted by atomic mass is 10.3. The van der Waals surface area contributed by atoms with E-state index in [1.54, 1.807) is 18.2 Å². The molecule has 0 spiro atoms. The summed E-state index contributed by atoms with van der Waals surface area (Å²) >= 11 is 3.22. The summed E-state index contributed by atoms with van der Waals surface area (Å²) in [6, 6.07) is 9.04. The Bertz CT molecular complexity index is 762. The molecule has 0 saturated heterocycles. The number of halogens is 1. The molecule has 0 unspecified atom stereocenters. The molecule has 0 radical (unpaired) electrons. The minimum Gasteiger partial charge on any atom is -0.321 e. The summed E-state index contributed by atoms with van der Waals surface area (Å²) in [6.45, 7) is 0. The number of rotatable bonds is 3. The summed E-state index contributed by atoms with van der Waals surface area (Å²) in [6.07, 6.45) is 1.49. The highest BCUT2D eigenvalue weighted by molar-refractivity contribution is 9.10. The number of pyridine rings is 1. The zero-order valence-electron chi connectivity index (χ0n) is 10.1. The first-order chi connectivity index (χ1) is 9.38. The second-order valence-corrected chi connectivity index (χ2v) is 6.28. The standard InChI is InChI=1S/C12H10BrN3O3S/c13-10-5-2-6-15-11(10)12(17)16-8-3-1-4-9(7-8)20(14,18)19/h1-7H,(H,16,17)(H2,14,18,19). The van der Waals surface area contributed by atoms with E-state index in [1.165, 1.54) is 24.4 Å². The van der Waals surface area contributed by atoms with Gasteiger partial charge in [0.25, 0.3) is 5.91 Å². The lowest BCUT2D eigenvalue weighted by Gasteiger charge is -2.07. The van der Waals surface area contributed by atoms with Crippen molar-refractivity contribution in [2.75, 3.05) is 5.32 Å². The monoisotopic (exact) mass is 355 g/mol. The first-order valence-electron chi connectivity index (χ1n) is 5.42. The first kappa shape index (κ1) is 14.6. The maximum Gasteiger partial charge on any atom is 0.275 e. The number of carbonyl (C=O) groups is 1. The van der Waals surface area contributed by atoms with E-state index in [1.807, 2.05) is 0 Å². The van der Waals surface area contributed by atoms with Crippen LogP contribution in [0.25, 0.3) is 0 Å². The zero-order chi connectivity index (χ0) is 14.8. The number of hydrogen-bond acceptors (Lipinski definition) is 4. The van der Waals surface area contributed by atoms with E-state index >= 15 is 0 Å². The molecule has 0 saturated carbocycles. The average molecular weight is 356 g/mol. The predicted octanol–water partition coefficient (Wildman–Crippen LogP) is 1.74. The fourth-order valence-corrected chi connectivity index (χ4v) is 2.49.